The first-order valence-corrected chi connectivity index (χ1v) is 6.76. The second-order valence-electron chi connectivity index (χ2n) is 5.52. The lowest BCUT2D eigenvalue weighted by Crippen LogP contribution is -2.29. The Kier molecular flexibility index (Phi) is 3.10. The Labute approximate surface area is 112 Å². The van der Waals surface area contributed by atoms with Gasteiger partial charge < -0.3 is 5.73 Å². The van der Waals surface area contributed by atoms with Gasteiger partial charge in [0.15, 0.2) is 5.65 Å². The maximum absolute atomic E-state index is 5.96. The molecule has 2 N–H and O–H groups in total. The Bertz CT molecular complexity index is 586. The van der Waals surface area contributed by atoms with Gasteiger partial charge in [0.2, 0.25) is 0 Å². The van der Waals surface area contributed by atoms with Crippen molar-refractivity contribution >= 4 is 16.9 Å². The van der Waals surface area contributed by atoms with Gasteiger partial charge >= 0.3 is 0 Å². The van der Waals surface area contributed by atoms with Crippen LogP contribution in [0.4, 0.5) is 5.82 Å². The standard InChI is InChI=1S/C13H20N6/c1-18(7-9-4-3-5-9)8-11-16-12(14)10-6-15-19(2)13(10)17-11/h6,9H,3-5,7-8H2,1-2H3,(H2,14,16,17). The van der Waals surface area contributed by atoms with Gasteiger partial charge in [0, 0.05) is 13.6 Å². The average molecular weight is 260 g/mol. The van der Waals surface area contributed by atoms with Crippen molar-refractivity contribution in [3.05, 3.63) is 12.0 Å². The zero-order valence-electron chi connectivity index (χ0n) is 11.5. The molecule has 0 amide bonds. The highest BCUT2D eigenvalue weighted by atomic mass is 15.3. The Morgan fingerprint density at radius 3 is 2.89 bits per heavy atom. The molecule has 102 valence electrons. The lowest BCUT2D eigenvalue weighted by atomic mass is 9.85. The zero-order valence-corrected chi connectivity index (χ0v) is 11.5. The average Bonchev–Trinajstić information content (AvgIpc) is 2.67. The molecule has 0 spiro atoms. The molecule has 6 nitrogen and oxygen atoms in total. The number of aromatic nitrogens is 4. The van der Waals surface area contributed by atoms with E-state index in [1.807, 2.05) is 7.05 Å². The van der Waals surface area contributed by atoms with Crippen molar-refractivity contribution < 1.29 is 0 Å². The highest BCUT2D eigenvalue weighted by Gasteiger charge is 2.19. The lowest BCUT2D eigenvalue weighted by Gasteiger charge is -2.29. The summed E-state index contributed by atoms with van der Waals surface area (Å²) in [6.07, 6.45) is 5.80. The number of nitrogens with two attached hydrogens (primary N) is 1. The summed E-state index contributed by atoms with van der Waals surface area (Å²) in [7, 11) is 3.99. The van der Waals surface area contributed by atoms with Crippen LogP contribution in [0.1, 0.15) is 25.1 Å². The van der Waals surface area contributed by atoms with Crippen molar-refractivity contribution in [1.82, 2.24) is 24.6 Å². The first-order valence-electron chi connectivity index (χ1n) is 6.76. The zero-order chi connectivity index (χ0) is 13.4. The molecule has 0 aliphatic heterocycles. The highest BCUT2D eigenvalue weighted by Crippen LogP contribution is 2.27. The maximum atomic E-state index is 5.96. The van der Waals surface area contributed by atoms with E-state index < -0.39 is 0 Å². The largest absolute Gasteiger partial charge is 0.383 e. The summed E-state index contributed by atoms with van der Waals surface area (Å²) in [6, 6.07) is 0. The quantitative estimate of drug-likeness (QED) is 0.893. The fourth-order valence-corrected chi connectivity index (χ4v) is 2.58. The molecule has 0 unspecified atom stereocenters. The van der Waals surface area contributed by atoms with Gasteiger partial charge in [-0.3, -0.25) is 9.58 Å². The maximum Gasteiger partial charge on any atom is 0.163 e. The smallest absolute Gasteiger partial charge is 0.163 e. The van der Waals surface area contributed by atoms with Gasteiger partial charge in [-0.25, -0.2) is 9.97 Å². The van der Waals surface area contributed by atoms with Crippen molar-refractivity contribution in [3.8, 4) is 0 Å². The summed E-state index contributed by atoms with van der Waals surface area (Å²) in [5, 5.41) is 4.99. The fourth-order valence-electron chi connectivity index (χ4n) is 2.58. The van der Waals surface area contributed by atoms with Crippen molar-refractivity contribution in [2.75, 3.05) is 19.3 Å². The minimum atomic E-state index is 0.519. The van der Waals surface area contributed by atoms with E-state index in [9.17, 15) is 0 Å². The molecule has 1 aliphatic carbocycles. The fraction of sp³-hybridized carbons (Fsp3) is 0.615. The van der Waals surface area contributed by atoms with Gasteiger partial charge in [0.1, 0.15) is 11.6 Å². The lowest BCUT2D eigenvalue weighted by molar-refractivity contribution is 0.197. The normalized spacial score (nSPS) is 16.2. The third kappa shape index (κ3) is 2.40. The summed E-state index contributed by atoms with van der Waals surface area (Å²) in [6.45, 7) is 1.86. The number of aryl methyl sites for hydroxylation is 1. The van der Waals surface area contributed by atoms with Crippen LogP contribution in [0.3, 0.4) is 0 Å². The second kappa shape index (κ2) is 4.77. The topological polar surface area (TPSA) is 72.9 Å². The predicted octanol–water partition coefficient (Wildman–Crippen LogP) is 1.18. The number of hydrogen-bond donors (Lipinski definition) is 1. The van der Waals surface area contributed by atoms with Crippen molar-refractivity contribution in [3.63, 3.8) is 0 Å². The van der Waals surface area contributed by atoms with Crippen LogP contribution in [-0.2, 0) is 13.6 Å². The minimum absolute atomic E-state index is 0.519. The number of nitrogen functional groups attached to an aromatic ring is 1. The molecule has 3 rings (SSSR count). The molecule has 19 heavy (non-hydrogen) atoms. The Morgan fingerprint density at radius 1 is 1.42 bits per heavy atom. The Morgan fingerprint density at radius 2 is 2.21 bits per heavy atom. The van der Waals surface area contributed by atoms with E-state index in [1.54, 1.807) is 10.9 Å². The van der Waals surface area contributed by atoms with Gasteiger partial charge in [-0.1, -0.05) is 6.42 Å². The molecule has 2 aromatic rings. The molecule has 6 heteroatoms. The molecule has 0 saturated heterocycles. The number of hydrogen-bond acceptors (Lipinski definition) is 5. The molecule has 0 aromatic carbocycles. The molecule has 2 heterocycles. The van der Waals surface area contributed by atoms with Gasteiger partial charge in [-0.2, -0.15) is 5.10 Å². The molecule has 1 aliphatic rings. The first kappa shape index (κ1) is 12.3. The number of nitrogens with zero attached hydrogens (tertiary/aromatic N) is 5. The Hall–Kier alpha value is -1.69. The van der Waals surface area contributed by atoms with Crippen LogP contribution in [0.25, 0.3) is 11.0 Å². The number of fused-ring (bicyclic) bond motifs is 1. The second-order valence-corrected chi connectivity index (χ2v) is 5.52. The molecule has 2 aromatic heterocycles. The molecule has 0 radical (unpaired) electrons. The molecule has 1 saturated carbocycles. The van der Waals surface area contributed by atoms with E-state index in [1.165, 1.54) is 19.3 Å². The summed E-state index contributed by atoms with van der Waals surface area (Å²) in [4.78, 5) is 11.2. The van der Waals surface area contributed by atoms with Crippen molar-refractivity contribution in [2.24, 2.45) is 13.0 Å². The van der Waals surface area contributed by atoms with E-state index >= 15 is 0 Å². The van der Waals surface area contributed by atoms with E-state index in [4.69, 9.17) is 5.73 Å². The summed E-state index contributed by atoms with van der Waals surface area (Å²) in [5.41, 5.74) is 6.77. The third-order valence-corrected chi connectivity index (χ3v) is 3.87. The van der Waals surface area contributed by atoms with Crippen molar-refractivity contribution in [2.45, 2.75) is 25.8 Å². The third-order valence-electron chi connectivity index (χ3n) is 3.87. The van der Waals surface area contributed by atoms with Crippen molar-refractivity contribution in [1.29, 1.82) is 0 Å². The molecule has 0 bridgehead atoms. The van der Waals surface area contributed by atoms with Crippen LogP contribution in [-0.4, -0.2) is 38.2 Å². The number of anilines is 1. The molecule has 1 fully saturated rings. The van der Waals surface area contributed by atoms with Crippen LogP contribution in [0, 0.1) is 5.92 Å². The summed E-state index contributed by atoms with van der Waals surface area (Å²) < 4.78 is 1.74. The van der Waals surface area contributed by atoms with Gasteiger partial charge in [-0.05, 0) is 25.8 Å². The van der Waals surface area contributed by atoms with Gasteiger partial charge in [0.05, 0.1) is 18.1 Å². The summed E-state index contributed by atoms with van der Waals surface area (Å²) in [5.74, 6) is 2.14. The predicted molar refractivity (Wildman–Crippen MR) is 74.4 cm³/mol. The minimum Gasteiger partial charge on any atom is -0.383 e. The summed E-state index contributed by atoms with van der Waals surface area (Å²) >= 11 is 0. The van der Waals surface area contributed by atoms with E-state index in [0.29, 0.717) is 5.82 Å². The van der Waals surface area contributed by atoms with Crippen LogP contribution < -0.4 is 5.73 Å². The number of rotatable bonds is 4. The molecule has 0 atom stereocenters. The van der Waals surface area contributed by atoms with E-state index in [2.05, 4.69) is 27.0 Å². The molecular weight excluding hydrogens is 240 g/mol. The monoisotopic (exact) mass is 260 g/mol. The highest BCUT2D eigenvalue weighted by molar-refractivity contribution is 5.84. The SMILES string of the molecule is CN(Cc1nc(N)c2cnn(C)c2n1)CC1CCC1. The van der Waals surface area contributed by atoms with Gasteiger partial charge in [-0.15, -0.1) is 0 Å². The molecular formula is C13H20N6. The van der Waals surface area contributed by atoms with Crippen LogP contribution in [0.2, 0.25) is 0 Å². The van der Waals surface area contributed by atoms with Crippen LogP contribution in [0.15, 0.2) is 6.20 Å². The first-order chi connectivity index (χ1) is 9.13. The van der Waals surface area contributed by atoms with Crippen LogP contribution >= 0.6 is 0 Å². The van der Waals surface area contributed by atoms with E-state index in [-0.39, 0.29) is 0 Å². The van der Waals surface area contributed by atoms with Gasteiger partial charge in [0.25, 0.3) is 0 Å². The van der Waals surface area contributed by atoms with E-state index in [0.717, 1.165) is 35.9 Å². The Balaban J connectivity index is 1.78. The van der Waals surface area contributed by atoms with Crippen LogP contribution in [0.5, 0.6) is 0 Å².